The van der Waals surface area contributed by atoms with Gasteiger partial charge in [-0.3, -0.25) is 29.8 Å². The Bertz CT molecular complexity index is 1990. The lowest BCUT2D eigenvalue weighted by molar-refractivity contribution is -0.384. The number of ether oxygens (including phenoxy) is 5. The van der Waals surface area contributed by atoms with Crippen LogP contribution in [0.5, 0.6) is 28.7 Å². The van der Waals surface area contributed by atoms with Crippen LogP contribution in [0.2, 0.25) is 10.0 Å². The highest BCUT2D eigenvalue weighted by Gasteiger charge is 2.19. The number of anilines is 2. The van der Waals surface area contributed by atoms with Gasteiger partial charge < -0.3 is 40.5 Å². The Kier molecular flexibility index (Phi) is 14.8. The Morgan fingerprint density at radius 2 is 1.19 bits per heavy atom. The van der Waals surface area contributed by atoms with Crippen molar-refractivity contribution in [1.29, 1.82) is 0 Å². The van der Waals surface area contributed by atoms with Gasteiger partial charge in [0.2, 0.25) is 0 Å². The van der Waals surface area contributed by atoms with Gasteiger partial charge in [0.1, 0.15) is 35.2 Å². The third kappa shape index (κ3) is 11.3. The van der Waals surface area contributed by atoms with Gasteiger partial charge in [-0.15, -0.1) is 0 Å². The molecule has 0 aliphatic rings. The molecule has 0 atom stereocenters. The lowest BCUT2D eigenvalue weighted by Crippen LogP contribution is -2.30. The van der Waals surface area contributed by atoms with Gasteiger partial charge in [-0.05, 0) is 80.4 Å². The van der Waals surface area contributed by atoms with E-state index in [1.807, 2.05) is 0 Å². The van der Waals surface area contributed by atoms with Gasteiger partial charge in [0.05, 0.1) is 55.2 Å². The van der Waals surface area contributed by atoms with Crippen molar-refractivity contribution in [3.05, 3.63) is 105 Å². The molecule has 274 valence electrons. The highest BCUT2D eigenvalue weighted by Crippen LogP contribution is 2.41. The number of carbonyl (C=O) groups excluding carboxylic acids is 3. The number of nitrogens with zero attached hydrogens (tertiary/aromatic N) is 2. The smallest absolute Gasteiger partial charge is 0.343 e. The van der Waals surface area contributed by atoms with Crippen molar-refractivity contribution in [2.45, 2.75) is 0 Å². The third-order valence-electron chi connectivity index (χ3n) is 6.27. The summed E-state index contributed by atoms with van der Waals surface area (Å²) >= 11 is 18.9. The molecular weight excluding hydrogens is 865 g/mol. The van der Waals surface area contributed by atoms with E-state index >= 15 is 0 Å². The largest absolute Gasteiger partial charge is 0.482 e. The summed E-state index contributed by atoms with van der Waals surface area (Å²) in [7, 11) is 2.45. The Labute approximate surface area is 320 Å². The maximum absolute atomic E-state index is 12.0. The van der Waals surface area contributed by atoms with E-state index < -0.39 is 27.7 Å². The number of nitrogen functional groups attached to an aromatic ring is 2. The summed E-state index contributed by atoms with van der Waals surface area (Å²) in [6.45, 7) is -0.558. The van der Waals surface area contributed by atoms with Crippen LogP contribution in [-0.4, -0.2) is 55.1 Å². The van der Waals surface area contributed by atoms with Gasteiger partial charge in [-0.1, -0.05) is 23.2 Å². The quantitative estimate of drug-likeness (QED) is 0.0550. The molecule has 0 aliphatic carbocycles. The second kappa shape index (κ2) is 18.7. The molecule has 17 nitrogen and oxygen atoms in total. The first kappa shape index (κ1) is 41.1. The number of halogens is 4. The van der Waals surface area contributed by atoms with Crippen molar-refractivity contribution in [1.82, 2.24) is 5.32 Å². The molecule has 0 spiro atoms. The molecule has 52 heavy (non-hydrogen) atoms. The van der Waals surface area contributed by atoms with Crippen LogP contribution in [0.4, 0.5) is 22.7 Å². The maximum atomic E-state index is 12.0. The van der Waals surface area contributed by atoms with Crippen molar-refractivity contribution in [3.8, 4) is 28.7 Å². The Hall–Kier alpha value is -5.37. The second-order valence-corrected chi connectivity index (χ2v) is 12.3. The number of nitrogens with one attached hydrogen (secondary N) is 1. The zero-order valence-corrected chi connectivity index (χ0v) is 31.3. The van der Waals surface area contributed by atoms with Gasteiger partial charge in [-0.25, -0.2) is 4.79 Å². The standard InChI is InChI=1S/C16H13Cl2N3O6.C15H12Br2N2O6/c1-26-14(22)7-20-16(23)8-4-10(17)15(11(18)5-8)27-9-2-3-12(19)13(6-9)21(24)25;1-23-14(20)7-24-9-4-10(16)15(11(17)5-9)25-8-2-3-12(18)13(6-8)19(21)22/h2-6H,7,19H2,1H3,(H,20,23);2-6H,7,18H2,1H3. The van der Waals surface area contributed by atoms with Crippen LogP contribution >= 0.6 is 55.1 Å². The third-order valence-corrected chi connectivity index (χ3v) is 8.01. The summed E-state index contributed by atoms with van der Waals surface area (Å²) in [6.07, 6.45) is 0. The van der Waals surface area contributed by atoms with Crippen LogP contribution in [0.25, 0.3) is 0 Å². The molecule has 4 aromatic rings. The molecule has 4 aromatic carbocycles. The highest BCUT2D eigenvalue weighted by molar-refractivity contribution is 9.11. The minimum atomic E-state index is -0.653. The molecule has 0 saturated carbocycles. The van der Waals surface area contributed by atoms with Gasteiger partial charge in [0.15, 0.2) is 18.1 Å². The molecule has 0 fully saturated rings. The molecule has 0 unspecified atom stereocenters. The van der Waals surface area contributed by atoms with E-state index in [4.69, 9.17) is 48.9 Å². The number of esters is 2. The van der Waals surface area contributed by atoms with Crippen LogP contribution in [0.1, 0.15) is 10.4 Å². The molecule has 0 saturated heterocycles. The normalized spacial score (nSPS) is 10.2. The number of nitro benzene ring substituents is 2. The number of rotatable bonds is 12. The molecular formula is C31H25Br2Cl2N5O12. The monoisotopic (exact) mass is 887 g/mol. The van der Waals surface area contributed by atoms with Gasteiger partial charge in [0.25, 0.3) is 17.3 Å². The number of carbonyl (C=O) groups is 3. The summed E-state index contributed by atoms with van der Waals surface area (Å²) in [6, 6.07) is 13.7. The first-order chi connectivity index (χ1) is 24.5. The molecule has 21 heteroatoms. The van der Waals surface area contributed by atoms with E-state index in [2.05, 4.69) is 46.7 Å². The number of amides is 1. The van der Waals surface area contributed by atoms with Crippen molar-refractivity contribution in [2.24, 2.45) is 0 Å². The molecule has 5 N–H and O–H groups in total. The Morgan fingerprint density at radius 3 is 1.63 bits per heavy atom. The molecule has 0 radical (unpaired) electrons. The van der Waals surface area contributed by atoms with Crippen molar-refractivity contribution in [3.63, 3.8) is 0 Å². The van der Waals surface area contributed by atoms with E-state index in [0.29, 0.717) is 20.4 Å². The molecule has 0 heterocycles. The maximum Gasteiger partial charge on any atom is 0.343 e. The fraction of sp³-hybridized carbons (Fsp3) is 0.129. The Balaban J connectivity index is 0.000000281. The predicted molar refractivity (Wildman–Crippen MR) is 195 cm³/mol. The zero-order chi connectivity index (χ0) is 38.7. The van der Waals surface area contributed by atoms with Crippen LogP contribution in [0, 0.1) is 20.2 Å². The van der Waals surface area contributed by atoms with E-state index in [-0.39, 0.29) is 68.8 Å². The fourth-order valence-electron chi connectivity index (χ4n) is 3.76. The first-order valence-electron chi connectivity index (χ1n) is 14.0. The van der Waals surface area contributed by atoms with Gasteiger partial charge >= 0.3 is 11.9 Å². The average molecular weight is 890 g/mol. The average Bonchev–Trinajstić information content (AvgIpc) is 3.10. The predicted octanol–water partition coefficient (Wildman–Crippen LogP) is 7.23. The van der Waals surface area contributed by atoms with Crippen LogP contribution in [-0.2, 0) is 19.1 Å². The first-order valence-corrected chi connectivity index (χ1v) is 16.3. The minimum Gasteiger partial charge on any atom is -0.482 e. The SMILES string of the molecule is COC(=O)CNC(=O)c1cc(Cl)c(Oc2ccc(N)c([N+](=O)[O-])c2)c(Cl)c1.COC(=O)COc1cc(Br)c(Oc2ccc(N)c([N+](=O)[O-])c2)c(Br)c1. The second-order valence-electron chi connectivity index (χ2n) is 9.77. The molecule has 1 amide bonds. The molecule has 0 aliphatic heterocycles. The number of hydrogen-bond donors (Lipinski definition) is 3. The summed E-state index contributed by atoms with van der Waals surface area (Å²) in [4.78, 5) is 54.9. The zero-order valence-electron chi connectivity index (χ0n) is 26.6. The summed E-state index contributed by atoms with van der Waals surface area (Å²) in [5.74, 6) is -0.620. The van der Waals surface area contributed by atoms with Gasteiger partial charge in [0, 0.05) is 5.56 Å². The van der Waals surface area contributed by atoms with Crippen molar-refractivity contribution in [2.75, 3.05) is 38.8 Å². The molecule has 0 aromatic heterocycles. The molecule has 4 rings (SSSR count). The van der Waals surface area contributed by atoms with Crippen LogP contribution < -0.4 is 31.0 Å². The van der Waals surface area contributed by atoms with Crippen LogP contribution in [0.3, 0.4) is 0 Å². The van der Waals surface area contributed by atoms with Gasteiger partial charge in [-0.2, -0.15) is 0 Å². The van der Waals surface area contributed by atoms with E-state index in [1.54, 1.807) is 12.1 Å². The topological polar surface area (TPSA) is 248 Å². The lowest BCUT2D eigenvalue weighted by atomic mass is 10.2. The fourth-order valence-corrected chi connectivity index (χ4v) is 5.63. The van der Waals surface area contributed by atoms with Crippen molar-refractivity contribution < 1.29 is 47.9 Å². The van der Waals surface area contributed by atoms with Crippen molar-refractivity contribution >= 4 is 95.7 Å². The van der Waals surface area contributed by atoms with E-state index in [9.17, 15) is 34.6 Å². The Morgan fingerprint density at radius 1 is 0.731 bits per heavy atom. The minimum absolute atomic E-state index is 0.00178. The number of benzene rings is 4. The number of methoxy groups -OCH3 is 2. The van der Waals surface area contributed by atoms with E-state index in [1.165, 1.54) is 56.7 Å². The summed E-state index contributed by atoms with van der Waals surface area (Å²) < 4.78 is 26.4. The highest BCUT2D eigenvalue weighted by atomic mass is 79.9. The summed E-state index contributed by atoms with van der Waals surface area (Å²) in [5, 5.41) is 24.2. The lowest BCUT2D eigenvalue weighted by Gasteiger charge is -2.12. The number of nitro groups is 2. The van der Waals surface area contributed by atoms with Crippen LogP contribution in [0.15, 0.2) is 69.6 Å². The molecule has 0 bridgehead atoms. The summed E-state index contributed by atoms with van der Waals surface area (Å²) in [5.41, 5.74) is 10.6. The van der Waals surface area contributed by atoms with E-state index in [0.717, 1.165) is 6.07 Å². The number of hydrogen-bond acceptors (Lipinski definition) is 14. The number of nitrogens with two attached hydrogens (primary N) is 2.